The van der Waals surface area contributed by atoms with Crippen LogP contribution in [0, 0.1) is 0 Å². The SMILES string of the molecule is Nc1ccc(OCC2CCC3(CCCC3)O2)c(C(=O)O)c1. The molecule has 1 saturated heterocycles. The van der Waals surface area contributed by atoms with Gasteiger partial charge in [0.1, 0.15) is 17.9 Å². The number of aromatic carboxylic acids is 1. The highest BCUT2D eigenvalue weighted by Crippen LogP contribution is 2.43. The quantitative estimate of drug-likeness (QED) is 0.834. The number of ether oxygens (including phenoxy) is 2. The second kappa shape index (κ2) is 5.56. The minimum Gasteiger partial charge on any atom is -0.490 e. The van der Waals surface area contributed by atoms with Crippen LogP contribution in [0.15, 0.2) is 18.2 Å². The van der Waals surface area contributed by atoms with Gasteiger partial charge in [-0.15, -0.1) is 0 Å². The number of carbonyl (C=O) groups is 1. The average Bonchev–Trinajstić information content (AvgIpc) is 3.08. The van der Waals surface area contributed by atoms with E-state index in [4.69, 9.17) is 15.2 Å². The Hall–Kier alpha value is -1.75. The van der Waals surface area contributed by atoms with E-state index in [0.717, 1.165) is 25.7 Å². The van der Waals surface area contributed by atoms with Gasteiger partial charge in [0.25, 0.3) is 0 Å². The van der Waals surface area contributed by atoms with Gasteiger partial charge in [-0.25, -0.2) is 4.79 Å². The number of rotatable bonds is 4. The molecule has 1 aliphatic carbocycles. The fraction of sp³-hybridized carbons (Fsp3) is 0.562. The third-order valence-corrected chi connectivity index (χ3v) is 4.51. The van der Waals surface area contributed by atoms with Crippen molar-refractivity contribution in [1.82, 2.24) is 0 Å². The molecule has 1 heterocycles. The largest absolute Gasteiger partial charge is 0.490 e. The van der Waals surface area contributed by atoms with Crippen LogP contribution in [0.3, 0.4) is 0 Å². The van der Waals surface area contributed by atoms with E-state index < -0.39 is 5.97 Å². The van der Waals surface area contributed by atoms with E-state index in [0.29, 0.717) is 18.0 Å². The average molecular weight is 291 g/mol. The third-order valence-electron chi connectivity index (χ3n) is 4.51. The zero-order chi connectivity index (χ0) is 14.9. The van der Waals surface area contributed by atoms with Crippen molar-refractivity contribution in [2.24, 2.45) is 0 Å². The first kappa shape index (κ1) is 14.2. The summed E-state index contributed by atoms with van der Waals surface area (Å²) >= 11 is 0. The van der Waals surface area contributed by atoms with E-state index in [-0.39, 0.29) is 17.3 Å². The lowest BCUT2D eigenvalue weighted by molar-refractivity contribution is -0.0509. The molecule has 2 fully saturated rings. The van der Waals surface area contributed by atoms with Crippen LogP contribution in [-0.2, 0) is 4.74 Å². The first-order valence-electron chi connectivity index (χ1n) is 7.51. The Morgan fingerprint density at radius 2 is 2.14 bits per heavy atom. The van der Waals surface area contributed by atoms with Gasteiger partial charge in [0.2, 0.25) is 0 Å². The van der Waals surface area contributed by atoms with Gasteiger partial charge in [-0.1, -0.05) is 12.8 Å². The van der Waals surface area contributed by atoms with Gasteiger partial charge in [0.05, 0.1) is 11.7 Å². The van der Waals surface area contributed by atoms with E-state index in [1.54, 1.807) is 12.1 Å². The van der Waals surface area contributed by atoms with Crippen molar-refractivity contribution in [2.45, 2.75) is 50.2 Å². The number of hydrogen-bond donors (Lipinski definition) is 2. The topological polar surface area (TPSA) is 81.8 Å². The number of hydrogen-bond acceptors (Lipinski definition) is 4. The van der Waals surface area contributed by atoms with Crippen LogP contribution in [0.4, 0.5) is 5.69 Å². The highest BCUT2D eigenvalue weighted by molar-refractivity contribution is 5.92. The summed E-state index contributed by atoms with van der Waals surface area (Å²) in [5.74, 6) is -0.676. The lowest BCUT2D eigenvalue weighted by atomic mass is 9.98. The summed E-state index contributed by atoms with van der Waals surface area (Å²) in [5, 5.41) is 9.18. The van der Waals surface area contributed by atoms with Gasteiger partial charge in [0, 0.05) is 5.69 Å². The van der Waals surface area contributed by atoms with E-state index in [9.17, 15) is 9.90 Å². The highest BCUT2D eigenvalue weighted by Gasteiger charge is 2.42. The van der Waals surface area contributed by atoms with Gasteiger partial charge >= 0.3 is 5.97 Å². The maximum absolute atomic E-state index is 11.2. The molecule has 0 bridgehead atoms. The van der Waals surface area contributed by atoms with Crippen LogP contribution in [0.2, 0.25) is 0 Å². The molecule has 5 nitrogen and oxygen atoms in total. The zero-order valence-corrected chi connectivity index (χ0v) is 12.0. The summed E-state index contributed by atoms with van der Waals surface area (Å²) in [6.07, 6.45) is 6.91. The number of nitrogens with two attached hydrogens (primary N) is 1. The number of carboxylic acid groups (broad SMARTS) is 1. The summed E-state index contributed by atoms with van der Waals surface area (Å²) in [6, 6.07) is 4.68. The first-order chi connectivity index (χ1) is 10.1. The molecule has 1 aromatic carbocycles. The van der Waals surface area contributed by atoms with E-state index in [1.165, 1.54) is 18.9 Å². The summed E-state index contributed by atoms with van der Waals surface area (Å²) in [4.78, 5) is 11.2. The van der Waals surface area contributed by atoms with Gasteiger partial charge in [-0.05, 0) is 43.9 Å². The van der Waals surface area contributed by atoms with Crippen LogP contribution in [0.5, 0.6) is 5.75 Å². The fourth-order valence-electron chi connectivity index (χ4n) is 3.42. The van der Waals surface area contributed by atoms with Crippen molar-refractivity contribution in [2.75, 3.05) is 12.3 Å². The van der Waals surface area contributed by atoms with Gasteiger partial charge < -0.3 is 20.3 Å². The zero-order valence-electron chi connectivity index (χ0n) is 12.0. The minimum absolute atomic E-state index is 0.0577. The molecular weight excluding hydrogens is 270 g/mol. The van der Waals surface area contributed by atoms with Crippen LogP contribution < -0.4 is 10.5 Å². The molecule has 1 saturated carbocycles. The van der Waals surface area contributed by atoms with Crippen molar-refractivity contribution in [3.05, 3.63) is 23.8 Å². The first-order valence-corrected chi connectivity index (χ1v) is 7.51. The molecule has 114 valence electrons. The molecule has 21 heavy (non-hydrogen) atoms. The Kier molecular flexibility index (Phi) is 3.76. The second-order valence-electron chi connectivity index (χ2n) is 6.04. The van der Waals surface area contributed by atoms with E-state index in [1.807, 2.05) is 0 Å². The molecule has 0 amide bonds. The molecule has 2 aliphatic rings. The molecule has 1 atom stereocenters. The second-order valence-corrected chi connectivity index (χ2v) is 6.04. The highest BCUT2D eigenvalue weighted by atomic mass is 16.6. The maximum Gasteiger partial charge on any atom is 0.339 e. The number of carboxylic acids is 1. The molecule has 3 rings (SSSR count). The minimum atomic E-state index is -1.03. The van der Waals surface area contributed by atoms with Crippen LogP contribution in [-0.4, -0.2) is 29.4 Å². The molecule has 1 unspecified atom stereocenters. The third kappa shape index (κ3) is 2.97. The van der Waals surface area contributed by atoms with Gasteiger partial charge in [0.15, 0.2) is 0 Å². The van der Waals surface area contributed by atoms with Crippen LogP contribution >= 0.6 is 0 Å². The Labute approximate surface area is 124 Å². The molecule has 0 aromatic heterocycles. The Morgan fingerprint density at radius 3 is 2.86 bits per heavy atom. The molecule has 1 aromatic rings. The van der Waals surface area contributed by atoms with Crippen molar-refractivity contribution >= 4 is 11.7 Å². The van der Waals surface area contributed by atoms with Gasteiger partial charge in [-0.3, -0.25) is 0 Å². The maximum atomic E-state index is 11.2. The molecule has 1 spiro atoms. The fourth-order valence-corrected chi connectivity index (χ4v) is 3.42. The van der Waals surface area contributed by atoms with Crippen LogP contribution in [0.1, 0.15) is 48.9 Å². The monoisotopic (exact) mass is 291 g/mol. The molecule has 1 aliphatic heterocycles. The van der Waals surface area contributed by atoms with E-state index in [2.05, 4.69) is 0 Å². The summed E-state index contributed by atoms with van der Waals surface area (Å²) in [6.45, 7) is 0.395. The lowest BCUT2D eigenvalue weighted by Gasteiger charge is -2.24. The van der Waals surface area contributed by atoms with Crippen molar-refractivity contribution in [3.63, 3.8) is 0 Å². The number of benzene rings is 1. The van der Waals surface area contributed by atoms with Gasteiger partial charge in [-0.2, -0.15) is 0 Å². The number of nitrogen functional groups attached to an aromatic ring is 1. The number of anilines is 1. The molecule has 0 radical (unpaired) electrons. The lowest BCUT2D eigenvalue weighted by Crippen LogP contribution is -2.27. The molecule has 5 heteroatoms. The summed E-state index contributed by atoms with van der Waals surface area (Å²) < 4.78 is 11.8. The summed E-state index contributed by atoms with van der Waals surface area (Å²) in [7, 11) is 0. The molecule has 3 N–H and O–H groups in total. The van der Waals surface area contributed by atoms with E-state index >= 15 is 0 Å². The smallest absolute Gasteiger partial charge is 0.339 e. The van der Waals surface area contributed by atoms with Crippen LogP contribution in [0.25, 0.3) is 0 Å². The predicted molar refractivity (Wildman–Crippen MR) is 78.6 cm³/mol. The van der Waals surface area contributed by atoms with Crippen molar-refractivity contribution < 1.29 is 19.4 Å². The summed E-state index contributed by atoms with van der Waals surface area (Å²) in [5.41, 5.74) is 6.21. The predicted octanol–water partition coefficient (Wildman–Crippen LogP) is 2.84. The Morgan fingerprint density at radius 1 is 1.38 bits per heavy atom. The Balaban J connectivity index is 1.62. The molecular formula is C16H21NO4. The normalized spacial score (nSPS) is 23.5. The Bertz CT molecular complexity index is 537. The van der Waals surface area contributed by atoms with Crippen molar-refractivity contribution in [1.29, 1.82) is 0 Å². The van der Waals surface area contributed by atoms with Crippen molar-refractivity contribution in [3.8, 4) is 5.75 Å². The standard InChI is InChI=1S/C16H21NO4/c17-11-3-4-14(13(9-11)15(18)19)20-10-12-5-8-16(21-12)6-1-2-7-16/h3-4,9,12H,1-2,5-8,10,17H2,(H,18,19).